The molecule has 0 amide bonds. The summed E-state index contributed by atoms with van der Waals surface area (Å²) in [4.78, 5) is 11.8. The molecule has 1 aromatic rings. The van der Waals surface area contributed by atoms with E-state index in [1.807, 2.05) is 12.1 Å². The molecule has 1 aromatic carbocycles. The highest BCUT2D eigenvalue weighted by atomic mass is 16.5. The molecule has 0 spiro atoms. The molecule has 1 aliphatic heterocycles. The van der Waals surface area contributed by atoms with Crippen molar-refractivity contribution in [2.24, 2.45) is 0 Å². The number of ether oxygens (including phenoxy) is 2. The maximum Gasteiger partial charge on any atom is 0.180 e. The molecular formula is C12H15NO3. The van der Waals surface area contributed by atoms with Crippen LogP contribution >= 0.6 is 0 Å². The van der Waals surface area contributed by atoms with Crippen LogP contribution in [0, 0.1) is 0 Å². The van der Waals surface area contributed by atoms with Crippen LogP contribution in [0.4, 0.5) is 0 Å². The first kappa shape index (κ1) is 11.1. The Morgan fingerprint density at radius 3 is 2.75 bits per heavy atom. The summed E-state index contributed by atoms with van der Waals surface area (Å²) in [5.74, 6) is 0.665. The Morgan fingerprint density at radius 1 is 1.44 bits per heavy atom. The number of Topliss-reactive ketones (excluding diaryl/α,β-unsaturated/α-hetero) is 1. The van der Waals surface area contributed by atoms with E-state index in [0.29, 0.717) is 31.1 Å². The third-order valence-corrected chi connectivity index (χ3v) is 2.67. The highest BCUT2D eigenvalue weighted by Crippen LogP contribution is 2.28. The van der Waals surface area contributed by atoms with E-state index < -0.39 is 0 Å². The standard InChI is InChI=1S/C12H15NO3/c1-13-5-11(14)10-3-8-6-16-7-9(8)4-12(10)15-2/h3-4,13H,5-7H2,1-2H3. The van der Waals surface area contributed by atoms with Crippen molar-refractivity contribution in [2.75, 3.05) is 20.7 Å². The number of benzene rings is 1. The van der Waals surface area contributed by atoms with Gasteiger partial charge in [-0.3, -0.25) is 4.79 Å². The van der Waals surface area contributed by atoms with E-state index in [2.05, 4.69) is 5.32 Å². The first-order chi connectivity index (χ1) is 7.76. The lowest BCUT2D eigenvalue weighted by Gasteiger charge is -2.09. The second kappa shape index (κ2) is 4.63. The lowest BCUT2D eigenvalue weighted by Crippen LogP contribution is -2.19. The van der Waals surface area contributed by atoms with Crippen molar-refractivity contribution < 1.29 is 14.3 Å². The summed E-state index contributed by atoms with van der Waals surface area (Å²) in [7, 11) is 3.33. The molecule has 2 rings (SSSR count). The molecule has 1 heterocycles. The minimum absolute atomic E-state index is 0.0362. The van der Waals surface area contributed by atoms with E-state index in [0.717, 1.165) is 11.1 Å². The van der Waals surface area contributed by atoms with Gasteiger partial charge in [0.1, 0.15) is 5.75 Å². The van der Waals surface area contributed by atoms with Gasteiger partial charge < -0.3 is 14.8 Å². The van der Waals surface area contributed by atoms with Gasteiger partial charge >= 0.3 is 0 Å². The van der Waals surface area contributed by atoms with Gasteiger partial charge in [-0.15, -0.1) is 0 Å². The van der Waals surface area contributed by atoms with Crippen molar-refractivity contribution in [3.8, 4) is 5.75 Å². The molecule has 1 N–H and O–H groups in total. The van der Waals surface area contributed by atoms with Crippen LogP contribution in [-0.4, -0.2) is 26.5 Å². The molecule has 0 aliphatic carbocycles. The zero-order valence-electron chi connectivity index (χ0n) is 9.50. The molecule has 0 unspecified atom stereocenters. The average Bonchev–Trinajstić information content (AvgIpc) is 2.74. The minimum atomic E-state index is 0.0362. The maximum absolute atomic E-state index is 11.8. The van der Waals surface area contributed by atoms with Crippen LogP contribution in [0.5, 0.6) is 5.75 Å². The van der Waals surface area contributed by atoms with Crippen LogP contribution in [0.1, 0.15) is 21.5 Å². The van der Waals surface area contributed by atoms with Gasteiger partial charge in [0, 0.05) is 0 Å². The van der Waals surface area contributed by atoms with E-state index in [4.69, 9.17) is 9.47 Å². The molecule has 0 radical (unpaired) electrons. The predicted octanol–water partition coefficient (Wildman–Crippen LogP) is 1.13. The number of carbonyl (C=O) groups is 1. The first-order valence-corrected chi connectivity index (χ1v) is 5.21. The summed E-state index contributed by atoms with van der Waals surface area (Å²) in [6.45, 7) is 1.50. The molecule has 0 aromatic heterocycles. The van der Waals surface area contributed by atoms with Crippen LogP contribution in [-0.2, 0) is 18.0 Å². The number of methoxy groups -OCH3 is 1. The van der Waals surface area contributed by atoms with Crippen molar-refractivity contribution in [2.45, 2.75) is 13.2 Å². The summed E-state index contributed by atoms with van der Waals surface area (Å²) in [5, 5.41) is 2.85. The summed E-state index contributed by atoms with van der Waals surface area (Å²) in [6, 6.07) is 3.77. The smallest absolute Gasteiger partial charge is 0.180 e. The Labute approximate surface area is 94.6 Å². The predicted molar refractivity (Wildman–Crippen MR) is 59.7 cm³/mol. The SMILES string of the molecule is CNCC(=O)c1cc2c(cc1OC)COC2. The van der Waals surface area contributed by atoms with Crippen LogP contribution < -0.4 is 10.1 Å². The Hall–Kier alpha value is -1.39. The average molecular weight is 221 g/mol. The fourth-order valence-corrected chi connectivity index (χ4v) is 1.85. The highest BCUT2D eigenvalue weighted by Gasteiger charge is 2.18. The molecule has 4 nitrogen and oxygen atoms in total. The number of hydrogen-bond acceptors (Lipinski definition) is 4. The van der Waals surface area contributed by atoms with Crippen LogP contribution in [0.25, 0.3) is 0 Å². The Morgan fingerprint density at radius 2 is 2.12 bits per heavy atom. The van der Waals surface area contributed by atoms with Crippen LogP contribution in [0.3, 0.4) is 0 Å². The highest BCUT2D eigenvalue weighted by molar-refractivity contribution is 6.00. The third kappa shape index (κ3) is 1.94. The summed E-state index contributed by atoms with van der Waals surface area (Å²) < 4.78 is 10.6. The number of carbonyl (C=O) groups excluding carboxylic acids is 1. The van der Waals surface area contributed by atoms with Gasteiger partial charge in [0.25, 0.3) is 0 Å². The Kier molecular flexibility index (Phi) is 3.22. The molecular weight excluding hydrogens is 206 g/mol. The number of likely N-dealkylation sites (N-methyl/N-ethyl adjacent to an activating group) is 1. The monoisotopic (exact) mass is 221 g/mol. The van der Waals surface area contributed by atoms with Gasteiger partial charge in [-0.05, 0) is 30.3 Å². The molecule has 16 heavy (non-hydrogen) atoms. The lowest BCUT2D eigenvalue weighted by atomic mass is 10.0. The van der Waals surface area contributed by atoms with Crippen molar-refractivity contribution in [3.63, 3.8) is 0 Å². The Balaban J connectivity index is 2.39. The van der Waals surface area contributed by atoms with E-state index in [9.17, 15) is 4.79 Å². The van der Waals surface area contributed by atoms with Gasteiger partial charge in [0.05, 0.1) is 32.4 Å². The number of rotatable bonds is 4. The quantitative estimate of drug-likeness (QED) is 0.774. The van der Waals surface area contributed by atoms with E-state index >= 15 is 0 Å². The summed E-state index contributed by atoms with van der Waals surface area (Å²) in [6.07, 6.45) is 0. The minimum Gasteiger partial charge on any atom is -0.496 e. The first-order valence-electron chi connectivity index (χ1n) is 5.21. The van der Waals surface area contributed by atoms with Gasteiger partial charge in [-0.2, -0.15) is 0 Å². The normalized spacial score (nSPS) is 13.6. The zero-order chi connectivity index (χ0) is 11.5. The fourth-order valence-electron chi connectivity index (χ4n) is 1.85. The topological polar surface area (TPSA) is 47.6 Å². The van der Waals surface area contributed by atoms with Crippen LogP contribution in [0.15, 0.2) is 12.1 Å². The maximum atomic E-state index is 11.8. The summed E-state index contributed by atoms with van der Waals surface area (Å²) in [5.41, 5.74) is 2.82. The molecule has 0 saturated heterocycles. The van der Waals surface area contributed by atoms with E-state index in [1.54, 1.807) is 14.2 Å². The van der Waals surface area contributed by atoms with Crippen molar-refractivity contribution in [1.29, 1.82) is 0 Å². The van der Waals surface area contributed by atoms with Crippen LogP contribution in [0.2, 0.25) is 0 Å². The molecule has 86 valence electrons. The second-order valence-electron chi connectivity index (χ2n) is 3.77. The van der Waals surface area contributed by atoms with E-state index in [-0.39, 0.29) is 5.78 Å². The molecule has 1 aliphatic rings. The molecule has 4 heteroatoms. The molecule has 0 bridgehead atoms. The zero-order valence-corrected chi connectivity index (χ0v) is 9.50. The molecule has 0 atom stereocenters. The lowest BCUT2D eigenvalue weighted by molar-refractivity contribution is 0.0990. The van der Waals surface area contributed by atoms with Gasteiger partial charge in [0.2, 0.25) is 0 Å². The number of ketones is 1. The fraction of sp³-hybridized carbons (Fsp3) is 0.417. The number of fused-ring (bicyclic) bond motifs is 1. The van der Waals surface area contributed by atoms with Gasteiger partial charge in [0.15, 0.2) is 5.78 Å². The molecule has 0 saturated carbocycles. The largest absolute Gasteiger partial charge is 0.496 e. The van der Waals surface area contributed by atoms with Crippen molar-refractivity contribution >= 4 is 5.78 Å². The third-order valence-electron chi connectivity index (χ3n) is 2.67. The van der Waals surface area contributed by atoms with Gasteiger partial charge in [-0.25, -0.2) is 0 Å². The number of nitrogens with one attached hydrogen (secondary N) is 1. The van der Waals surface area contributed by atoms with Crippen molar-refractivity contribution in [1.82, 2.24) is 5.32 Å². The number of hydrogen-bond donors (Lipinski definition) is 1. The molecule has 0 fully saturated rings. The Bertz CT molecular complexity index is 415. The van der Waals surface area contributed by atoms with Crippen molar-refractivity contribution in [3.05, 3.63) is 28.8 Å². The van der Waals surface area contributed by atoms with Gasteiger partial charge in [-0.1, -0.05) is 0 Å². The van der Waals surface area contributed by atoms with E-state index in [1.165, 1.54) is 0 Å². The second-order valence-corrected chi connectivity index (χ2v) is 3.77. The summed E-state index contributed by atoms with van der Waals surface area (Å²) >= 11 is 0.